The predicted octanol–water partition coefficient (Wildman–Crippen LogP) is 7.78. The number of halogens is 5. The minimum atomic E-state index is -4.50. The first-order chi connectivity index (χ1) is 18.5. The molecule has 2 aromatic carbocycles. The van der Waals surface area contributed by atoms with Crippen LogP contribution in [0.5, 0.6) is 0 Å². The van der Waals surface area contributed by atoms with Crippen molar-refractivity contribution in [3.8, 4) is 5.69 Å². The Morgan fingerprint density at radius 1 is 1.13 bits per heavy atom. The normalized spacial score (nSPS) is 26.1. The minimum absolute atomic E-state index is 0.237. The van der Waals surface area contributed by atoms with E-state index in [1.54, 1.807) is 53.4 Å². The fraction of sp³-hybridized carbons (Fsp3) is 0.333. The first-order valence-electron chi connectivity index (χ1n) is 12.9. The van der Waals surface area contributed by atoms with E-state index in [1.807, 2.05) is 0 Å². The van der Waals surface area contributed by atoms with Gasteiger partial charge in [0.1, 0.15) is 5.82 Å². The number of hydrogen-bond acceptors (Lipinski definition) is 2. The van der Waals surface area contributed by atoms with Gasteiger partial charge in [0, 0.05) is 16.1 Å². The number of allylic oxidation sites excluding steroid dienone is 3. The number of nitrogens with one attached hydrogen (secondary N) is 1. The van der Waals surface area contributed by atoms with E-state index in [-0.39, 0.29) is 12.2 Å². The van der Waals surface area contributed by atoms with E-state index in [0.717, 1.165) is 28.1 Å². The highest BCUT2D eigenvalue weighted by atomic mass is 35.5. The van der Waals surface area contributed by atoms with Crippen LogP contribution < -0.4 is 5.32 Å². The summed E-state index contributed by atoms with van der Waals surface area (Å²) in [5, 5.41) is 7.73. The fourth-order valence-electron chi connectivity index (χ4n) is 6.69. The lowest BCUT2D eigenvalue weighted by atomic mass is 9.54. The van der Waals surface area contributed by atoms with Gasteiger partial charge in [-0.3, -0.25) is 4.79 Å². The van der Waals surface area contributed by atoms with E-state index in [9.17, 15) is 22.4 Å². The van der Waals surface area contributed by atoms with E-state index in [0.29, 0.717) is 30.0 Å². The van der Waals surface area contributed by atoms with Crippen molar-refractivity contribution in [1.82, 2.24) is 9.78 Å². The molecule has 3 aliphatic rings. The Bertz CT molecular complexity index is 1490. The van der Waals surface area contributed by atoms with E-state index in [4.69, 9.17) is 11.6 Å². The number of hydrogen-bond donors (Lipinski definition) is 1. The van der Waals surface area contributed by atoms with Crippen LogP contribution in [0.4, 0.5) is 23.2 Å². The summed E-state index contributed by atoms with van der Waals surface area (Å²) >= 11 is 5.93. The molecule has 4 atom stereocenters. The van der Waals surface area contributed by atoms with Crippen molar-refractivity contribution >= 4 is 29.3 Å². The molecule has 1 aromatic heterocycles. The molecule has 0 aliphatic heterocycles. The fourth-order valence-corrected chi connectivity index (χ4v) is 6.82. The monoisotopic (exact) mass is 555 g/mol. The average molecular weight is 556 g/mol. The summed E-state index contributed by atoms with van der Waals surface area (Å²) in [4.78, 5) is 13.5. The smallest absolute Gasteiger partial charge is 0.326 e. The zero-order valence-electron chi connectivity index (χ0n) is 21.1. The first kappa shape index (κ1) is 25.9. The maximum Gasteiger partial charge on any atom is 0.392 e. The number of fused-ring (bicyclic) bond motifs is 4. The summed E-state index contributed by atoms with van der Waals surface area (Å²) in [7, 11) is 0. The SMILES string of the molecule is C[C@]12Cc3cnn(-c4ccc(F)cc4)c3C=C1CC[C@H]1C2=CC[C@@H](C(F)(F)F)[C@@H]1C(=O)Nc1ccc(Cl)cc1. The molecule has 3 aromatic rings. The zero-order valence-corrected chi connectivity index (χ0v) is 21.9. The molecule has 0 saturated heterocycles. The molecule has 39 heavy (non-hydrogen) atoms. The number of nitrogens with zero attached hydrogens (tertiary/aromatic N) is 2. The molecule has 0 radical (unpaired) electrons. The van der Waals surface area contributed by atoms with E-state index in [2.05, 4.69) is 23.4 Å². The number of rotatable bonds is 3. The topological polar surface area (TPSA) is 46.9 Å². The highest BCUT2D eigenvalue weighted by Gasteiger charge is 2.56. The van der Waals surface area contributed by atoms with Crippen LogP contribution in [0, 0.1) is 29.0 Å². The molecule has 0 spiro atoms. The van der Waals surface area contributed by atoms with Gasteiger partial charge in [0.15, 0.2) is 0 Å². The van der Waals surface area contributed by atoms with Gasteiger partial charge in [0.25, 0.3) is 0 Å². The number of carbonyl (C=O) groups excluding carboxylic acids is 1. The third kappa shape index (κ3) is 4.48. The van der Waals surface area contributed by atoms with Crippen LogP contribution in [0.2, 0.25) is 5.02 Å². The Labute approximate surface area is 228 Å². The average Bonchev–Trinajstić information content (AvgIpc) is 3.29. The second-order valence-corrected chi connectivity index (χ2v) is 11.3. The maximum absolute atomic E-state index is 14.2. The number of carbonyl (C=O) groups is 1. The standard InChI is InChI=1S/C30H26ClF4N3O/c1-29-15-17-16-36-38(22-9-5-20(32)6-10-22)26(17)14-18(29)2-11-23-24(29)12-13-25(30(33,34)35)27(23)28(39)37-21-7-3-19(31)4-8-21/h3-10,12,14,16,23,25,27H,2,11,13,15H2,1H3,(H,37,39)/t23-,25+,27+,29-/m0/s1. The van der Waals surface area contributed by atoms with Crippen molar-refractivity contribution in [2.24, 2.45) is 23.2 Å². The van der Waals surface area contributed by atoms with Gasteiger partial charge in [0.05, 0.1) is 29.4 Å². The molecule has 6 rings (SSSR count). The van der Waals surface area contributed by atoms with Crippen molar-refractivity contribution < 1.29 is 22.4 Å². The van der Waals surface area contributed by atoms with Gasteiger partial charge in [-0.15, -0.1) is 0 Å². The van der Waals surface area contributed by atoms with Gasteiger partial charge in [-0.2, -0.15) is 18.3 Å². The highest BCUT2D eigenvalue weighted by Crippen LogP contribution is 2.59. The van der Waals surface area contributed by atoms with Gasteiger partial charge in [-0.25, -0.2) is 9.07 Å². The van der Waals surface area contributed by atoms with Crippen molar-refractivity contribution in [3.63, 3.8) is 0 Å². The molecule has 1 amide bonds. The number of benzene rings is 2. The Morgan fingerprint density at radius 2 is 1.85 bits per heavy atom. The summed E-state index contributed by atoms with van der Waals surface area (Å²) in [6.45, 7) is 2.07. The third-order valence-corrected chi connectivity index (χ3v) is 8.83. The lowest BCUT2D eigenvalue weighted by Crippen LogP contribution is -2.49. The molecule has 1 fully saturated rings. The van der Waals surface area contributed by atoms with Crippen LogP contribution in [-0.2, 0) is 11.2 Å². The molecule has 0 unspecified atom stereocenters. The Balaban J connectivity index is 1.35. The van der Waals surface area contributed by atoms with E-state index >= 15 is 0 Å². The summed E-state index contributed by atoms with van der Waals surface area (Å²) in [6, 6.07) is 12.5. The summed E-state index contributed by atoms with van der Waals surface area (Å²) in [6.07, 6.45) is 2.42. The van der Waals surface area contributed by atoms with Gasteiger partial charge in [-0.1, -0.05) is 35.7 Å². The minimum Gasteiger partial charge on any atom is -0.326 e. The molecular weight excluding hydrogens is 530 g/mol. The molecular formula is C30H26ClF4N3O. The second-order valence-electron chi connectivity index (χ2n) is 10.8. The molecule has 1 N–H and O–H groups in total. The van der Waals surface area contributed by atoms with E-state index in [1.165, 1.54) is 12.1 Å². The quantitative estimate of drug-likeness (QED) is 0.265. The van der Waals surface area contributed by atoms with Crippen LogP contribution in [0.25, 0.3) is 11.8 Å². The lowest BCUT2D eigenvalue weighted by molar-refractivity contribution is -0.196. The Hall–Kier alpha value is -3.39. The van der Waals surface area contributed by atoms with Crippen LogP contribution in [0.15, 0.2) is 72.0 Å². The van der Waals surface area contributed by atoms with Gasteiger partial charge in [0.2, 0.25) is 5.91 Å². The molecule has 9 heteroatoms. The highest BCUT2D eigenvalue weighted by molar-refractivity contribution is 6.30. The largest absolute Gasteiger partial charge is 0.392 e. The molecule has 3 aliphatic carbocycles. The summed E-state index contributed by atoms with van der Waals surface area (Å²) in [5.41, 5.74) is 4.51. The van der Waals surface area contributed by atoms with Crippen molar-refractivity contribution in [2.45, 2.75) is 38.8 Å². The molecule has 1 saturated carbocycles. The Kier molecular flexibility index (Phi) is 6.21. The maximum atomic E-state index is 14.2. The molecule has 202 valence electrons. The molecule has 1 heterocycles. The number of anilines is 1. The zero-order chi connectivity index (χ0) is 27.5. The first-order valence-corrected chi connectivity index (χ1v) is 13.3. The lowest BCUT2D eigenvalue weighted by Gasteiger charge is -2.50. The van der Waals surface area contributed by atoms with Crippen LogP contribution >= 0.6 is 11.6 Å². The van der Waals surface area contributed by atoms with Gasteiger partial charge < -0.3 is 5.32 Å². The Morgan fingerprint density at radius 3 is 2.54 bits per heavy atom. The predicted molar refractivity (Wildman–Crippen MR) is 142 cm³/mol. The second kappa shape index (κ2) is 9.37. The number of amides is 1. The molecule has 0 bridgehead atoms. The van der Waals surface area contributed by atoms with Crippen molar-refractivity contribution in [3.05, 3.63) is 94.0 Å². The number of alkyl halides is 3. The van der Waals surface area contributed by atoms with Crippen LogP contribution in [0.3, 0.4) is 0 Å². The van der Waals surface area contributed by atoms with Crippen LogP contribution in [-0.4, -0.2) is 21.9 Å². The van der Waals surface area contributed by atoms with E-state index < -0.39 is 35.3 Å². The van der Waals surface area contributed by atoms with Gasteiger partial charge >= 0.3 is 6.18 Å². The third-order valence-electron chi connectivity index (χ3n) is 8.58. The summed E-state index contributed by atoms with van der Waals surface area (Å²) in [5.74, 6) is -4.48. The summed E-state index contributed by atoms with van der Waals surface area (Å²) < 4.78 is 58.0. The van der Waals surface area contributed by atoms with Crippen LogP contribution in [0.1, 0.15) is 37.4 Å². The number of aromatic nitrogens is 2. The van der Waals surface area contributed by atoms with Crippen molar-refractivity contribution in [2.75, 3.05) is 5.32 Å². The van der Waals surface area contributed by atoms with Gasteiger partial charge in [-0.05, 0) is 91.8 Å². The van der Waals surface area contributed by atoms with Crippen molar-refractivity contribution in [1.29, 1.82) is 0 Å². The molecule has 4 nitrogen and oxygen atoms in total.